The van der Waals surface area contributed by atoms with Crippen LogP contribution in [0.5, 0.6) is 0 Å². The Morgan fingerprint density at radius 3 is 2.19 bits per heavy atom. The standard InChI is InChI=1S/C27H27N3O6/c31-23-15-22(21-9-5-2-6-10-21)17-29(23)18-24(32)30-14-13-28(16-20-7-3-1-4-8-20)19-27(30)35-25(33)11-12-26(34)36-27/h1-12,22H,13-19H2. The van der Waals surface area contributed by atoms with Gasteiger partial charge in [-0.05, 0) is 11.1 Å². The molecule has 3 aliphatic heterocycles. The average Bonchev–Trinajstić information content (AvgIpc) is 3.16. The van der Waals surface area contributed by atoms with Crippen molar-refractivity contribution in [3.63, 3.8) is 0 Å². The molecule has 2 amide bonds. The molecule has 0 aromatic heterocycles. The second kappa shape index (κ2) is 9.94. The van der Waals surface area contributed by atoms with Crippen LogP contribution in [0.25, 0.3) is 0 Å². The van der Waals surface area contributed by atoms with Crippen LogP contribution in [0.15, 0.2) is 72.8 Å². The number of nitrogens with zero attached hydrogens (tertiary/aromatic N) is 3. The van der Waals surface area contributed by atoms with Crippen LogP contribution < -0.4 is 0 Å². The highest BCUT2D eigenvalue weighted by Crippen LogP contribution is 2.31. The number of esters is 2. The fraction of sp³-hybridized carbons (Fsp3) is 0.333. The molecule has 2 aromatic rings. The summed E-state index contributed by atoms with van der Waals surface area (Å²) in [6, 6.07) is 19.4. The van der Waals surface area contributed by atoms with Crippen LogP contribution in [0.3, 0.4) is 0 Å². The van der Waals surface area contributed by atoms with E-state index in [9.17, 15) is 19.2 Å². The van der Waals surface area contributed by atoms with E-state index in [1.54, 1.807) is 0 Å². The fourth-order valence-electron chi connectivity index (χ4n) is 4.99. The molecular weight excluding hydrogens is 462 g/mol. The van der Waals surface area contributed by atoms with Gasteiger partial charge in [-0.25, -0.2) is 9.59 Å². The number of benzene rings is 2. The summed E-state index contributed by atoms with van der Waals surface area (Å²) in [5, 5.41) is 0. The van der Waals surface area contributed by atoms with E-state index in [0.29, 0.717) is 26.1 Å². The van der Waals surface area contributed by atoms with Crippen molar-refractivity contribution in [2.75, 3.05) is 32.7 Å². The number of amides is 2. The van der Waals surface area contributed by atoms with Gasteiger partial charge in [-0.2, -0.15) is 0 Å². The van der Waals surface area contributed by atoms with Gasteiger partial charge in [0.05, 0.1) is 13.1 Å². The first-order valence-electron chi connectivity index (χ1n) is 12.0. The summed E-state index contributed by atoms with van der Waals surface area (Å²) >= 11 is 0. The molecule has 0 N–H and O–H groups in total. The van der Waals surface area contributed by atoms with E-state index in [0.717, 1.165) is 23.3 Å². The van der Waals surface area contributed by atoms with Gasteiger partial charge < -0.3 is 14.4 Å². The van der Waals surface area contributed by atoms with Gasteiger partial charge in [0.1, 0.15) is 0 Å². The van der Waals surface area contributed by atoms with Crippen molar-refractivity contribution in [1.82, 2.24) is 14.7 Å². The third kappa shape index (κ3) is 5.01. The van der Waals surface area contributed by atoms with Gasteiger partial charge in [-0.1, -0.05) is 60.7 Å². The van der Waals surface area contributed by atoms with E-state index in [4.69, 9.17) is 9.47 Å². The van der Waals surface area contributed by atoms with Gasteiger partial charge in [-0.3, -0.25) is 19.4 Å². The molecule has 0 radical (unpaired) electrons. The molecular formula is C27H27N3O6. The molecule has 2 aromatic carbocycles. The van der Waals surface area contributed by atoms with Crippen molar-refractivity contribution >= 4 is 23.8 Å². The Balaban J connectivity index is 1.34. The minimum absolute atomic E-state index is 0.000848. The lowest BCUT2D eigenvalue weighted by atomic mass is 9.99. The minimum Gasteiger partial charge on any atom is -0.399 e. The lowest BCUT2D eigenvalue weighted by molar-refractivity contribution is -0.292. The summed E-state index contributed by atoms with van der Waals surface area (Å²) in [4.78, 5) is 55.7. The van der Waals surface area contributed by atoms with Crippen molar-refractivity contribution in [2.24, 2.45) is 0 Å². The van der Waals surface area contributed by atoms with Crippen LogP contribution >= 0.6 is 0 Å². The Labute approximate surface area is 208 Å². The number of likely N-dealkylation sites (tertiary alicyclic amines) is 1. The summed E-state index contributed by atoms with van der Waals surface area (Å²) in [6.45, 7) is 1.38. The zero-order valence-electron chi connectivity index (χ0n) is 19.7. The maximum Gasteiger partial charge on any atom is 0.358 e. The average molecular weight is 490 g/mol. The van der Waals surface area contributed by atoms with E-state index in [2.05, 4.69) is 0 Å². The summed E-state index contributed by atoms with van der Waals surface area (Å²) in [5.74, 6) is -4.03. The van der Waals surface area contributed by atoms with Crippen LogP contribution in [-0.4, -0.2) is 77.1 Å². The topological polar surface area (TPSA) is 96.5 Å². The molecule has 1 spiro atoms. The minimum atomic E-state index is -1.91. The van der Waals surface area contributed by atoms with Crippen molar-refractivity contribution in [3.05, 3.63) is 83.9 Å². The van der Waals surface area contributed by atoms with Gasteiger partial charge in [-0.15, -0.1) is 0 Å². The molecule has 0 bridgehead atoms. The molecule has 0 aliphatic carbocycles. The monoisotopic (exact) mass is 489 g/mol. The van der Waals surface area contributed by atoms with Crippen LogP contribution in [-0.2, 0) is 35.2 Å². The SMILES string of the molecule is O=C1C=CC(=O)OC2(CN(Cc3ccccc3)CCN2C(=O)CN2CC(c3ccccc3)CC2=O)O1. The third-order valence-electron chi connectivity index (χ3n) is 6.71. The number of hydrogen-bond acceptors (Lipinski definition) is 7. The number of carbonyl (C=O) groups is 4. The molecule has 9 nitrogen and oxygen atoms in total. The molecule has 2 fully saturated rings. The van der Waals surface area contributed by atoms with Gasteiger partial charge in [0.15, 0.2) is 0 Å². The maximum atomic E-state index is 13.5. The second-order valence-corrected chi connectivity index (χ2v) is 9.22. The number of rotatable bonds is 5. The number of hydrogen-bond donors (Lipinski definition) is 0. The van der Waals surface area contributed by atoms with Crippen LogP contribution in [0.2, 0.25) is 0 Å². The molecule has 9 heteroatoms. The molecule has 1 atom stereocenters. The Morgan fingerprint density at radius 1 is 0.889 bits per heavy atom. The highest BCUT2D eigenvalue weighted by atomic mass is 16.8. The summed E-state index contributed by atoms with van der Waals surface area (Å²) < 4.78 is 11.2. The molecule has 5 rings (SSSR count). The Bertz CT molecular complexity index is 1160. The Kier molecular flexibility index (Phi) is 6.56. The van der Waals surface area contributed by atoms with Crippen LogP contribution in [0.1, 0.15) is 23.5 Å². The largest absolute Gasteiger partial charge is 0.399 e. The fourth-order valence-corrected chi connectivity index (χ4v) is 4.99. The van der Waals surface area contributed by atoms with Crippen LogP contribution in [0, 0.1) is 0 Å². The van der Waals surface area contributed by atoms with E-state index in [1.807, 2.05) is 65.6 Å². The van der Waals surface area contributed by atoms with Gasteiger partial charge >= 0.3 is 17.8 Å². The Morgan fingerprint density at radius 2 is 1.53 bits per heavy atom. The van der Waals surface area contributed by atoms with Gasteiger partial charge in [0.2, 0.25) is 11.8 Å². The van der Waals surface area contributed by atoms with Crippen molar-refractivity contribution < 1.29 is 28.7 Å². The third-order valence-corrected chi connectivity index (χ3v) is 6.71. The lowest BCUT2D eigenvalue weighted by Gasteiger charge is -2.47. The molecule has 1 unspecified atom stereocenters. The predicted molar refractivity (Wildman–Crippen MR) is 128 cm³/mol. The number of piperazine rings is 1. The normalized spacial score (nSPS) is 21.9. The van der Waals surface area contributed by atoms with E-state index < -0.39 is 23.8 Å². The van der Waals surface area contributed by atoms with Crippen molar-refractivity contribution in [3.8, 4) is 0 Å². The smallest absolute Gasteiger partial charge is 0.358 e. The predicted octanol–water partition coefficient (Wildman–Crippen LogP) is 1.66. The molecule has 3 aliphatic rings. The van der Waals surface area contributed by atoms with Crippen molar-refractivity contribution in [1.29, 1.82) is 0 Å². The first-order chi connectivity index (χ1) is 17.4. The van der Waals surface area contributed by atoms with Crippen molar-refractivity contribution in [2.45, 2.75) is 24.8 Å². The zero-order chi connectivity index (χ0) is 25.1. The van der Waals surface area contributed by atoms with Gasteiger partial charge in [0.25, 0.3) is 0 Å². The Hall–Kier alpha value is -3.98. The first-order valence-corrected chi connectivity index (χ1v) is 12.0. The molecule has 2 saturated heterocycles. The molecule has 3 heterocycles. The van der Waals surface area contributed by atoms with E-state index >= 15 is 0 Å². The zero-order valence-corrected chi connectivity index (χ0v) is 19.7. The van der Waals surface area contributed by atoms with E-state index in [-0.39, 0.29) is 31.5 Å². The molecule has 186 valence electrons. The van der Waals surface area contributed by atoms with E-state index in [1.165, 1.54) is 9.80 Å². The molecule has 36 heavy (non-hydrogen) atoms. The lowest BCUT2D eigenvalue weighted by Crippen LogP contribution is -2.68. The van der Waals surface area contributed by atoms with Crippen LogP contribution in [0.4, 0.5) is 0 Å². The summed E-state index contributed by atoms with van der Waals surface area (Å²) in [6.07, 6.45) is 2.30. The highest BCUT2D eigenvalue weighted by molar-refractivity contribution is 5.94. The number of carbonyl (C=O) groups excluding carboxylic acids is 4. The van der Waals surface area contributed by atoms with Gasteiger partial charge in [0, 0.05) is 50.7 Å². The summed E-state index contributed by atoms with van der Waals surface area (Å²) in [7, 11) is 0. The quantitative estimate of drug-likeness (QED) is 0.590. The molecule has 0 saturated carbocycles. The summed E-state index contributed by atoms with van der Waals surface area (Å²) in [5.41, 5.74) is 2.08. The maximum absolute atomic E-state index is 13.5. The first kappa shape index (κ1) is 23.7. The second-order valence-electron chi connectivity index (χ2n) is 9.22. The highest BCUT2D eigenvalue weighted by Gasteiger charge is 2.52. The number of ether oxygens (including phenoxy) is 2.